The van der Waals surface area contributed by atoms with Crippen LogP contribution in [0.25, 0.3) is 0 Å². The highest BCUT2D eigenvalue weighted by Gasteiger charge is 2.25. The molecule has 1 aromatic carbocycles. The smallest absolute Gasteiger partial charge is 0.255 e. The maximum Gasteiger partial charge on any atom is 0.255 e. The third kappa shape index (κ3) is 4.49. The Kier molecular flexibility index (Phi) is 5.68. The first-order valence-corrected chi connectivity index (χ1v) is 8.56. The van der Waals surface area contributed by atoms with Gasteiger partial charge in [-0.15, -0.1) is 0 Å². The van der Waals surface area contributed by atoms with Crippen LogP contribution in [0.2, 0.25) is 5.02 Å². The van der Waals surface area contributed by atoms with Crippen molar-refractivity contribution < 1.29 is 13.9 Å². The van der Waals surface area contributed by atoms with Crippen molar-refractivity contribution >= 4 is 29.1 Å². The number of amides is 1. The minimum absolute atomic E-state index is 0.151. The first-order valence-electron chi connectivity index (χ1n) is 8.18. The van der Waals surface area contributed by atoms with Crippen LogP contribution < -0.4 is 10.1 Å². The summed E-state index contributed by atoms with van der Waals surface area (Å²) in [6.45, 7) is 4.49. The molecule has 136 valence electrons. The quantitative estimate of drug-likeness (QED) is 0.808. The Bertz CT molecular complexity index is 818. The fourth-order valence-electron chi connectivity index (χ4n) is 2.71. The standard InChI is InChI=1S/C18H18ClFN4O2/c1-2-16(25)24-8-4-7-14(11-24)26-17-15(20)10-21-18(23-17)22-13-6-3-5-12(19)9-13/h2-3,5-6,9-10,14H,1,4,7-8,11H2,(H,21,22,23)/t14-/m1/s1. The summed E-state index contributed by atoms with van der Waals surface area (Å²) in [6, 6.07) is 7.01. The van der Waals surface area contributed by atoms with Crippen LogP contribution in [0.15, 0.2) is 43.1 Å². The molecular weight excluding hydrogens is 359 g/mol. The van der Waals surface area contributed by atoms with Crippen molar-refractivity contribution in [3.8, 4) is 5.88 Å². The highest BCUT2D eigenvalue weighted by atomic mass is 35.5. The van der Waals surface area contributed by atoms with Crippen molar-refractivity contribution in [2.75, 3.05) is 18.4 Å². The van der Waals surface area contributed by atoms with Crippen LogP contribution in [0.1, 0.15) is 12.8 Å². The molecule has 0 bridgehead atoms. The molecule has 2 heterocycles. The van der Waals surface area contributed by atoms with E-state index in [1.165, 1.54) is 6.08 Å². The van der Waals surface area contributed by atoms with Crippen LogP contribution in [-0.2, 0) is 4.79 Å². The molecule has 0 unspecified atom stereocenters. The second kappa shape index (κ2) is 8.14. The van der Waals surface area contributed by atoms with Gasteiger partial charge in [-0.3, -0.25) is 4.79 Å². The maximum atomic E-state index is 14.1. The summed E-state index contributed by atoms with van der Waals surface area (Å²) >= 11 is 5.94. The minimum atomic E-state index is -0.659. The molecule has 26 heavy (non-hydrogen) atoms. The lowest BCUT2D eigenvalue weighted by molar-refractivity contribution is -0.128. The van der Waals surface area contributed by atoms with Crippen LogP contribution in [0.4, 0.5) is 16.0 Å². The number of likely N-dealkylation sites (tertiary alicyclic amines) is 1. The van der Waals surface area contributed by atoms with E-state index in [4.69, 9.17) is 16.3 Å². The number of nitrogens with zero attached hydrogens (tertiary/aromatic N) is 3. The van der Waals surface area contributed by atoms with Crippen molar-refractivity contribution in [2.45, 2.75) is 18.9 Å². The van der Waals surface area contributed by atoms with Gasteiger partial charge in [-0.05, 0) is 37.1 Å². The predicted molar refractivity (Wildman–Crippen MR) is 97.2 cm³/mol. The molecule has 0 radical (unpaired) electrons. The Labute approximate surface area is 155 Å². The van der Waals surface area contributed by atoms with E-state index in [9.17, 15) is 9.18 Å². The van der Waals surface area contributed by atoms with Gasteiger partial charge < -0.3 is 15.0 Å². The van der Waals surface area contributed by atoms with Crippen LogP contribution in [0, 0.1) is 5.82 Å². The van der Waals surface area contributed by atoms with Crippen LogP contribution in [-0.4, -0.2) is 40.0 Å². The summed E-state index contributed by atoms with van der Waals surface area (Å²) in [5.41, 5.74) is 0.676. The molecule has 1 saturated heterocycles. The van der Waals surface area contributed by atoms with Gasteiger partial charge in [0.05, 0.1) is 12.7 Å². The number of hydrogen-bond donors (Lipinski definition) is 1. The summed E-state index contributed by atoms with van der Waals surface area (Å²) in [6.07, 6.45) is 3.45. The SMILES string of the molecule is C=CC(=O)N1CCC[C@@H](Oc2nc(Nc3cccc(Cl)c3)ncc2F)C1. The van der Waals surface area contributed by atoms with Gasteiger partial charge in [0, 0.05) is 17.3 Å². The van der Waals surface area contributed by atoms with Crippen molar-refractivity contribution in [3.05, 3.63) is 54.0 Å². The minimum Gasteiger partial charge on any atom is -0.470 e. The average Bonchev–Trinajstić information content (AvgIpc) is 2.64. The number of ether oxygens (including phenoxy) is 1. The Morgan fingerprint density at radius 3 is 3.12 bits per heavy atom. The number of rotatable bonds is 5. The number of anilines is 2. The highest BCUT2D eigenvalue weighted by molar-refractivity contribution is 6.30. The molecule has 1 N–H and O–H groups in total. The Morgan fingerprint density at radius 1 is 1.50 bits per heavy atom. The monoisotopic (exact) mass is 376 g/mol. The van der Waals surface area contributed by atoms with Gasteiger partial charge in [-0.1, -0.05) is 24.2 Å². The van der Waals surface area contributed by atoms with Gasteiger partial charge in [0.1, 0.15) is 6.10 Å². The lowest BCUT2D eigenvalue weighted by atomic mass is 10.1. The second-order valence-electron chi connectivity index (χ2n) is 5.85. The number of hydrogen-bond acceptors (Lipinski definition) is 5. The molecule has 1 amide bonds. The number of halogens is 2. The first kappa shape index (κ1) is 18.1. The Hall–Kier alpha value is -2.67. The summed E-state index contributed by atoms with van der Waals surface area (Å²) in [7, 11) is 0. The molecule has 2 aromatic rings. The van der Waals surface area contributed by atoms with E-state index in [0.29, 0.717) is 30.2 Å². The van der Waals surface area contributed by atoms with E-state index in [-0.39, 0.29) is 23.8 Å². The van der Waals surface area contributed by atoms with Crippen LogP contribution in [0.5, 0.6) is 5.88 Å². The van der Waals surface area contributed by atoms with E-state index in [1.807, 2.05) is 0 Å². The number of nitrogens with one attached hydrogen (secondary N) is 1. The molecule has 3 rings (SSSR count). The predicted octanol–water partition coefficient (Wildman–Crippen LogP) is 3.57. The van der Waals surface area contributed by atoms with E-state index >= 15 is 0 Å². The van der Waals surface area contributed by atoms with Crippen molar-refractivity contribution in [1.82, 2.24) is 14.9 Å². The van der Waals surface area contributed by atoms with Crippen molar-refractivity contribution in [2.24, 2.45) is 0 Å². The lowest BCUT2D eigenvalue weighted by Crippen LogP contribution is -2.43. The van der Waals surface area contributed by atoms with Crippen molar-refractivity contribution in [1.29, 1.82) is 0 Å². The van der Waals surface area contributed by atoms with Gasteiger partial charge in [-0.2, -0.15) is 9.37 Å². The molecule has 8 heteroatoms. The van der Waals surface area contributed by atoms with Gasteiger partial charge in [0.15, 0.2) is 0 Å². The van der Waals surface area contributed by atoms with Gasteiger partial charge in [0.25, 0.3) is 5.88 Å². The fraction of sp³-hybridized carbons (Fsp3) is 0.278. The molecule has 1 fully saturated rings. The topological polar surface area (TPSA) is 67.4 Å². The number of benzene rings is 1. The van der Waals surface area contributed by atoms with E-state index in [1.54, 1.807) is 29.2 Å². The Balaban J connectivity index is 1.71. The molecule has 1 aliphatic heterocycles. The largest absolute Gasteiger partial charge is 0.470 e. The number of aromatic nitrogens is 2. The molecule has 6 nitrogen and oxygen atoms in total. The second-order valence-corrected chi connectivity index (χ2v) is 6.29. The number of carbonyl (C=O) groups is 1. The zero-order valence-corrected chi connectivity index (χ0v) is 14.7. The lowest BCUT2D eigenvalue weighted by Gasteiger charge is -2.32. The third-order valence-corrected chi connectivity index (χ3v) is 4.17. The molecule has 1 aliphatic rings. The van der Waals surface area contributed by atoms with Crippen LogP contribution >= 0.6 is 11.6 Å². The van der Waals surface area contributed by atoms with Crippen LogP contribution in [0.3, 0.4) is 0 Å². The molecular formula is C18H18ClFN4O2. The Morgan fingerprint density at radius 2 is 2.35 bits per heavy atom. The highest BCUT2D eigenvalue weighted by Crippen LogP contribution is 2.23. The number of carbonyl (C=O) groups excluding carboxylic acids is 1. The van der Waals surface area contributed by atoms with Gasteiger partial charge in [-0.25, -0.2) is 4.98 Å². The third-order valence-electron chi connectivity index (χ3n) is 3.94. The zero-order valence-electron chi connectivity index (χ0n) is 14.0. The molecule has 0 aliphatic carbocycles. The van der Waals surface area contributed by atoms with E-state index in [0.717, 1.165) is 12.6 Å². The van der Waals surface area contributed by atoms with Gasteiger partial charge >= 0.3 is 0 Å². The first-order chi connectivity index (χ1) is 12.5. The summed E-state index contributed by atoms with van der Waals surface area (Å²) in [4.78, 5) is 21.4. The maximum absolute atomic E-state index is 14.1. The number of piperidine rings is 1. The van der Waals surface area contributed by atoms with Gasteiger partial charge in [0.2, 0.25) is 17.7 Å². The summed E-state index contributed by atoms with van der Waals surface area (Å²) in [5.74, 6) is -0.778. The zero-order chi connectivity index (χ0) is 18.5. The average molecular weight is 377 g/mol. The summed E-state index contributed by atoms with van der Waals surface area (Å²) < 4.78 is 19.7. The van der Waals surface area contributed by atoms with Crippen molar-refractivity contribution in [3.63, 3.8) is 0 Å². The fourth-order valence-corrected chi connectivity index (χ4v) is 2.90. The normalized spacial score (nSPS) is 16.8. The van der Waals surface area contributed by atoms with E-state index < -0.39 is 5.82 Å². The molecule has 0 saturated carbocycles. The summed E-state index contributed by atoms with van der Waals surface area (Å²) in [5, 5.41) is 3.51. The van der Waals surface area contributed by atoms with E-state index in [2.05, 4.69) is 21.9 Å². The molecule has 0 spiro atoms. The molecule has 1 aromatic heterocycles. The molecule has 1 atom stereocenters.